The molecule has 0 saturated carbocycles. The number of hydrogen-bond acceptors (Lipinski definition) is 3. The number of piperidine rings is 1. The summed E-state index contributed by atoms with van der Waals surface area (Å²) in [5.74, 6) is 0.340. The van der Waals surface area contributed by atoms with Crippen molar-refractivity contribution in [2.75, 3.05) is 25.0 Å². The molecule has 1 aliphatic heterocycles. The molecule has 0 radical (unpaired) electrons. The molecule has 21 heavy (non-hydrogen) atoms. The quantitative estimate of drug-likeness (QED) is 0.876. The summed E-state index contributed by atoms with van der Waals surface area (Å²) in [7, 11) is 0. The number of primary amides is 1. The molecular weight excluding hydrogens is 262 g/mol. The van der Waals surface area contributed by atoms with E-state index in [0.29, 0.717) is 17.5 Å². The molecular formula is C17H27N3O. The number of anilines is 1. The molecule has 0 spiro atoms. The fraction of sp³-hybridized carbons (Fsp3) is 0.588. The lowest BCUT2D eigenvalue weighted by Crippen LogP contribution is -2.39. The zero-order valence-corrected chi connectivity index (χ0v) is 13.4. The zero-order valence-electron chi connectivity index (χ0n) is 13.4. The molecule has 1 aliphatic rings. The van der Waals surface area contributed by atoms with Crippen LogP contribution in [0.25, 0.3) is 0 Å². The van der Waals surface area contributed by atoms with Gasteiger partial charge in [0.25, 0.3) is 0 Å². The van der Waals surface area contributed by atoms with Gasteiger partial charge in [-0.25, -0.2) is 0 Å². The molecule has 1 fully saturated rings. The number of nitrogens with zero attached hydrogens (tertiary/aromatic N) is 1. The highest BCUT2D eigenvalue weighted by atomic mass is 16.1. The number of nitrogens with one attached hydrogen (secondary N) is 1. The minimum Gasteiger partial charge on any atom is -0.382 e. The molecule has 0 aromatic heterocycles. The van der Waals surface area contributed by atoms with Crippen LogP contribution in [0.5, 0.6) is 0 Å². The van der Waals surface area contributed by atoms with Crippen LogP contribution in [-0.2, 0) is 0 Å². The van der Waals surface area contributed by atoms with E-state index < -0.39 is 0 Å². The molecule has 1 heterocycles. The number of carbonyl (C=O) groups is 1. The lowest BCUT2D eigenvalue weighted by atomic mass is 9.90. The van der Waals surface area contributed by atoms with Gasteiger partial charge in [-0.1, -0.05) is 6.92 Å². The van der Waals surface area contributed by atoms with Crippen molar-refractivity contribution in [3.63, 3.8) is 0 Å². The Bertz CT molecular complexity index is 493. The van der Waals surface area contributed by atoms with E-state index in [0.717, 1.165) is 17.8 Å². The smallest absolute Gasteiger partial charge is 0.248 e. The first-order chi connectivity index (χ1) is 10.0. The molecule has 1 saturated heterocycles. The summed E-state index contributed by atoms with van der Waals surface area (Å²) < 4.78 is 0. The molecule has 4 heteroatoms. The second-order valence-electron chi connectivity index (χ2n) is 6.10. The van der Waals surface area contributed by atoms with E-state index in [9.17, 15) is 4.79 Å². The number of aryl methyl sites for hydroxylation is 1. The van der Waals surface area contributed by atoms with Gasteiger partial charge in [-0.05, 0) is 76.0 Å². The van der Waals surface area contributed by atoms with Crippen LogP contribution in [0.3, 0.4) is 0 Å². The third-order valence-electron chi connectivity index (χ3n) is 4.68. The minimum atomic E-state index is -0.371. The number of likely N-dealkylation sites (tertiary alicyclic amines) is 1. The Morgan fingerprint density at radius 1 is 1.43 bits per heavy atom. The molecule has 1 unspecified atom stereocenters. The largest absolute Gasteiger partial charge is 0.382 e. The van der Waals surface area contributed by atoms with Gasteiger partial charge in [-0.2, -0.15) is 0 Å². The van der Waals surface area contributed by atoms with Gasteiger partial charge >= 0.3 is 0 Å². The van der Waals surface area contributed by atoms with Crippen molar-refractivity contribution >= 4 is 11.6 Å². The summed E-state index contributed by atoms with van der Waals surface area (Å²) in [6, 6.07) is 6.07. The third kappa shape index (κ3) is 3.97. The summed E-state index contributed by atoms with van der Waals surface area (Å²) in [6.07, 6.45) is 2.50. The minimum absolute atomic E-state index is 0.371. The first-order valence-corrected chi connectivity index (χ1v) is 7.90. The zero-order chi connectivity index (χ0) is 15.4. The van der Waals surface area contributed by atoms with Gasteiger partial charge in [0.15, 0.2) is 0 Å². The van der Waals surface area contributed by atoms with Crippen molar-refractivity contribution < 1.29 is 4.79 Å². The van der Waals surface area contributed by atoms with Crippen LogP contribution >= 0.6 is 0 Å². The van der Waals surface area contributed by atoms with Gasteiger partial charge < -0.3 is 16.0 Å². The predicted molar refractivity (Wildman–Crippen MR) is 87.6 cm³/mol. The van der Waals surface area contributed by atoms with Gasteiger partial charge in [0.1, 0.15) is 0 Å². The molecule has 1 atom stereocenters. The SMILES string of the molecule is CCN1CCC(C(C)Nc2ccc(C(N)=O)cc2C)CC1. The number of carbonyl (C=O) groups excluding carboxylic acids is 1. The van der Waals surface area contributed by atoms with Crippen molar-refractivity contribution in [2.24, 2.45) is 11.7 Å². The topological polar surface area (TPSA) is 58.4 Å². The maximum Gasteiger partial charge on any atom is 0.248 e. The summed E-state index contributed by atoms with van der Waals surface area (Å²) in [4.78, 5) is 13.7. The lowest BCUT2D eigenvalue weighted by molar-refractivity contribution is 0.1000. The Labute approximate surface area is 127 Å². The first kappa shape index (κ1) is 15.8. The van der Waals surface area contributed by atoms with Crippen molar-refractivity contribution in [3.8, 4) is 0 Å². The van der Waals surface area contributed by atoms with Gasteiger partial charge in [-0.15, -0.1) is 0 Å². The van der Waals surface area contributed by atoms with E-state index >= 15 is 0 Å². The van der Waals surface area contributed by atoms with Crippen LogP contribution in [0.2, 0.25) is 0 Å². The lowest BCUT2D eigenvalue weighted by Gasteiger charge is -2.35. The van der Waals surface area contributed by atoms with E-state index in [1.165, 1.54) is 25.9 Å². The van der Waals surface area contributed by atoms with Crippen LogP contribution < -0.4 is 11.1 Å². The third-order valence-corrected chi connectivity index (χ3v) is 4.68. The Kier molecular flexibility index (Phi) is 5.23. The molecule has 0 aliphatic carbocycles. The van der Waals surface area contributed by atoms with E-state index in [-0.39, 0.29) is 5.91 Å². The molecule has 0 bridgehead atoms. The molecule has 116 valence electrons. The Hall–Kier alpha value is -1.55. The van der Waals surface area contributed by atoms with Gasteiger partial charge in [0.05, 0.1) is 0 Å². The van der Waals surface area contributed by atoms with Crippen LogP contribution in [0, 0.1) is 12.8 Å². The van der Waals surface area contributed by atoms with Gasteiger partial charge in [0.2, 0.25) is 5.91 Å². The maximum atomic E-state index is 11.2. The fourth-order valence-corrected chi connectivity index (χ4v) is 3.11. The van der Waals surface area contributed by atoms with Crippen LogP contribution in [-0.4, -0.2) is 36.5 Å². The highest BCUT2D eigenvalue weighted by Crippen LogP contribution is 2.25. The highest BCUT2D eigenvalue weighted by Gasteiger charge is 2.23. The number of benzene rings is 1. The van der Waals surface area contributed by atoms with Gasteiger partial charge in [-0.3, -0.25) is 4.79 Å². The highest BCUT2D eigenvalue weighted by molar-refractivity contribution is 5.93. The van der Waals surface area contributed by atoms with Crippen LogP contribution in [0.4, 0.5) is 5.69 Å². The summed E-state index contributed by atoms with van der Waals surface area (Å²) in [5, 5.41) is 3.61. The Morgan fingerprint density at radius 3 is 2.62 bits per heavy atom. The van der Waals surface area contributed by atoms with Crippen molar-refractivity contribution in [1.82, 2.24) is 4.90 Å². The maximum absolute atomic E-state index is 11.2. The summed E-state index contributed by atoms with van der Waals surface area (Å²) >= 11 is 0. The fourth-order valence-electron chi connectivity index (χ4n) is 3.11. The number of nitrogens with two attached hydrogens (primary N) is 1. The van der Waals surface area contributed by atoms with E-state index in [4.69, 9.17) is 5.73 Å². The average Bonchev–Trinajstić information content (AvgIpc) is 2.49. The average molecular weight is 289 g/mol. The Balaban J connectivity index is 1.96. The van der Waals surface area contributed by atoms with Crippen molar-refractivity contribution in [1.29, 1.82) is 0 Å². The molecule has 3 N–H and O–H groups in total. The van der Waals surface area contributed by atoms with Crippen LogP contribution in [0.15, 0.2) is 18.2 Å². The number of hydrogen-bond donors (Lipinski definition) is 2. The Morgan fingerprint density at radius 2 is 2.10 bits per heavy atom. The van der Waals surface area contributed by atoms with Crippen molar-refractivity contribution in [2.45, 2.75) is 39.7 Å². The monoisotopic (exact) mass is 289 g/mol. The normalized spacial score (nSPS) is 18.4. The van der Waals surface area contributed by atoms with E-state index in [2.05, 4.69) is 24.1 Å². The summed E-state index contributed by atoms with van der Waals surface area (Å²) in [5.41, 5.74) is 8.06. The van der Waals surface area contributed by atoms with E-state index in [1.54, 1.807) is 6.07 Å². The second-order valence-corrected chi connectivity index (χ2v) is 6.10. The van der Waals surface area contributed by atoms with Crippen LogP contribution in [0.1, 0.15) is 42.6 Å². The van der Waals surface area contributed by atoms with Crippen molar-refractivity contribution in [3.05, 3.63) is 29.3 Å². The first-order valence-electron chi connectivity index (χ1n) is 7.90. The number of amides is 1. The number of rotatable bonds is 5. The molecule has 1 amide bonds. The van der Waals surface area contributed by atoms with E-state index in [1.807, 2.05) is 19.1 Å². The predicted octanol–water partition coefficient (Wildman–Crippen LogP) is 2.63. The second kappa shape index (κ2) is 6.94. The standard InChI is InChI=1S/C17H27N3O/c1-4-20-9-7-14(8-10-20)13(3)19-16-6-5-15(17(18)21)11-12(16)2/h5-6,11,13-14,19H,4,7-10H2,1-3H3,(H2,18,21). The van der Waals surface area contributed by atoms with Gasteiger partial charge in [0, 0.05) is 17.3 Å². The summed E-state index contributed by atoms with van der Waals surface area (Å²) in [6.45, 7) is 10.1. The molecule has 2 rings (SSSR count). The molecule has 4 nitrogen and oxygen atoms in total. The molecule has 1 aromatic carbocycles. The molecule has 1 aromatic rings.